The molecule has 0 radical (unpaired) electrons. The van der Waals surface area contributed by atoms with E-state index in [1.807, 2.05) is 42.5 Å². The minimum atomic E-state index is -0.199. The van der Waals surface area contributed by atoms with Crippen LogP contribution >= 0.6 is 0 Å². The maximum Gasteiger partial charge on any atom is 0.127 e. The fraction of sp³-hybridized carbons (Fsp3) is 0.244. The Bertz CT molecular complexity index is 1660. The molecule has 234 valence electrons. The van der Waals surface area contributed by atoms with Crippen LogP contribution in [0.1, 0.15) is 63.8 Å². The molecule has 0 bridgehead atoms. The first kappa shape index (κ1) is 37.7. The molecule has 0 aliphatic heterocycles. The number of rotatable bonds is 4. The zero-order valence-electron chi connectivity index (χ0n) is 28.5. The van der Waals surface area contributed by atoms with E-state index in [-0.39, 0.29) is 51.9 Å². The van der Waals surface area contributed by atoms with E-state index in [2.05, 4.69) is 104 Å². The van der Waals surface area contributed by atoms with Gasteiger partial charge in [0.2, 0.25) is 0 Å². The Hall–Kier alpha value is -3.49. The number of phenolic OH excluding ortho intramolecular Hbond substituents is 2. The normalized spacial score (nSPS) is 11.2. The van der Waals surface area contributed by atoms with E-state index < -0.39 is 0 Å². The molecular formula is C41H47NO2Zr-2. The molecule has 0 unspecified atom stereocenters. The van der Waals surface area contributed by atoms with E-state index in [0.717, 1.165) is 67.0 Å². The third-order valence-corrected chi connectivity index (χ3v) is 7.86. The van der Waals surface area contributed by atoms with Gasteiger partial charge in [-0.2, -0.15) is 0 Å². The molecule has 0 spiro atoms. The van der Waals surface area contributed by atoms with Crippen LogP contribution in [0.15, 0.2) is 91.0 Å². The Morgan fingerprint density at radius 1 is 0.467 bits per heavy atom. The first-order valence-electron chi connectivity index (χ1n) is 14.6. The molecule has 2 N–H and O–H groups in total. The molecule has 1 aromatic heterocycles. The zero-order valence-corrected chi connectivity index (χ0v) is 31.0. The second kappa shape index (κ2) is 14.3. The van der Waals surface area contributed by atoms with Gasteiger partial charge < -0.3 is 25.1 Å². The van der Waals surface area contributed by atoms with Crippen LogP contribution in [0.5, 0.6) is 11.5 Å². The van der Waals surface area contributed by atoms with Crippen molar-refractivity contribution in [2.45, 2.75) is 66.2 Å². The number of aryl methyl sites for hydroxylation is 2. The zero-order chi connectivity index (χ0) is 30.4. The standard InChI is InChI=1S/C39H41NO2.2CH3.Zr/c1-24-20-30(36(41)32(22-24)38(3,4)5)26-14-9-11-16-28(26)34-18-13-19-35(40-34)29-17-12-10-15-27(29)31-21-25(2)23-33(37(31)42)39(6,7)8;;;/h9-23,41-42H,1-8H3;2*1H3;/q;2*-1;. The summed E-state index contributed by atoms with van der Waals surface area (Å²) < 4.78 is 0. The molecule has 0 saturated heterocycles. The molecule has 0 saturated carbocycles. The number of phenols is 2. The van der Waals surface area contributed by atoms with Crippen LogP contribution in [0.2, 0.25) is 0 Å². The van der Waals surface area contributed by atoms with E-state index in [9.17, 15) is 10.2 Å². The van der Waals surface area contributed by atoms with E-state index >= 15 is 0 Å². The summed E-state index contributed by atoms with van der Waals surface area (Å²) in [6.45, 7) is 16.9. The number of pyridine rings is 1. The van der Waals surface area contributed by atoms with Gasteiger partial charge in [0.15, 0.2) is 0 Å². The van der Waals surface area contributed by atoms with Gasteiger partial charge in [-0.3, -0.25) is 0 Å². The van der Waals surface area contributed by atoms with Gasteiger partial charge in [-0.15, -0.1) is 0 Å². The van der Waals surface area contributed by atoms with Crippen molar-refractivity contribution >= 4 is 0 Å². The van der Waals surface area contributed by atoms with Crippen molar-refractivity contribution in [3.8, 4) is 56.3 Å². The van der Waals surface area contributed by atoms with Gasteiger partial charge in [0.05, 0.1) is 11.4 Å². The molecule has 0 aliphatic carbocycles. The van der Waals surface area contributed by atoms with Gasteiger partial charge in [0.25, 0.3) is 0 Å². The predicted octanol–water partition coefficient (Wildman–Crippen LogP) is 11.3. The van der Waals surface area contributed by atoms with E-state index in [0.29, 0.717) is 11.5 Å². The SMILES string of the molecule is Cc1cc(-c2ccccc2-c2cccc(-c3ccccc3-c3cc(C)cc(C(C)(C)C)c3O)n2)c(O)c(C(C)(C)C)c1.[CH3-].[CH3-].[Zr]. The average Bonchev–Trinajstić information content (AvgIpc) is 2.94. The molecule has 5 aromatic rings. The van der Waals surface area contributed by atoms with Crippen molar-refractivity contribution in [2.24, 2.45) is 0 Å². The Morgan fingerprint density at radius 3 is 1.13 bits per heavy atom. The monoisotopic (exact) mass is 675 g/mol. The summed E-state index contributed by atoms with van der Waals surface area (Å²) in [5.41, 5.74) is 10.7. The summed E-state index contributed by atoms with van der Waals surface area (Å²) in [5.74, 6) is 0.623. The fourth-order valence-electron chi connectivity index (χ4n) is 5.73. The van der Waals surface area contributed by atoms with Gasteiger partial charge in [0.1, 0.15) is 11.5 Å². The van der Waals surface area contributed by atoms with Crippen molar-refractivity contribution in [3.05, 3.63) is 128 Å². The van der Waals surface area contributed by atoms with E-state index in [1.165, 1.54) is 0 Å². The maximum atomic E-state index is 11.5. The fourth-order valence-corrected chi connectivity index (χ4v) is 5.73. The number of hydrogen-bond acceptors (Lipinski definition) is 3. The number of benzene rings is 4. The first-order chi connectivity index (χ1) is 19.8. The Kier molecular flexibility index (Phi) is 12.0. The second-order valence-corrected chi connectivity index (χ2v) is 13.4. The molecular weight excluding hydrogens is 630 g/mol. The molecule has 4 aromatic carbocycles. The van der Waals surface area contributed by atoms with Gasteiger partial charge in [-0.25, -0.2) is 4.98 Å². The van der Waals surface area contributed by atoms with Crippen molar-refractivity contribution in [1.82, 2.24) is 4.98 Å². The van der Waals surface area contributed by atoms with E-state index in [4.69, 9.17) is 4.98 Å². The van der Waals surface area contributed by atoms with Crippen LogP contribution in [0.25, 0.3) is 44.8 Å². The molecule has 5 rings (SSSR count). The molecule has 45 heavy (non-hydrogen) atoms. The van der Waals surface area contributed by atoms with Crippen molar-refractivity contribution in [2.75, 3.05) is 0 Å². The predicted molar refractivity (Wildman–Crippen MR) is 189 cm³/mol. The van der Waals surface area contributed by atoms with Crippen LogP contribution in [0, 0.1) is 28.7 Å². The summed E-state index contributed by atoms with van der Waals surface area (Å²) in [4.78, 5) is 5.17. The smallest absolute Gasteiger partial charge is 0.127 e. The van der Waals surface area contributed by atoms with Crippen LogP contribution in [0.3, 0.4) is 0 Å². The van der Waals surface area contributed by atoms with Gasteiger partial charge in [0, 0.05) is 59.6 Å². The molecule has 0 aliphatic rings. The molecule has 0 amide bonds. The molecule has 1 heterocycles. The van der Waals surface area contributed by atoms with Gasteiger partial charge in [-0.1, -0.05) is 108 Å². The van der Waals surface area contributed by atoms with Crippen molar-refractivity contribution < 1.29 is 36.4 Å². The van der Waals surface area contributed by atoms with Crippen molar-refractivity contribution in [3.63, 3.8) is 0 Å². The van der Waals surface area contributed by atoms with Crippen LogP contribution in [-0.2, 0) is 37.0 Å². The van der Waals surface area contributed by atoms with Gasteiger partial charge in [-0.05, 0) is 71.2 Å². The number of hydrogen-bond donors (Lipinski definition) is 2. The van der Waals surface area contributed by atoms with Crippen LogP contribution in [-0.4, -0.2) is 15.2 Å². The second-order valence-electron chi connectivity index (χ2n) is 13.4. The summed E-state index contributed by atoms with van der Waals surface area (Å²) >= 11 is 0. The van der Waals surface area contributed by atoms with Crippen LogP contribution in [0.4, 0.5) is 0 Å². The molecule has 0 fully saturated rings. The Labute approximate surface area is 290 Å². The van der Waals surface area contributed by atoms with E-state index in [1.54, 1.807) is 0 Å². The minimum Gasteiger partial charge on any atom is -0.507 e. The molecule has 4 heteroatoms. The number of nitrogens with zero attached hydrogens (tertiary/aromatic N) is 1. The minimum absolute atomic E-state index is 0. The first-order valence-corrected chi connectivity index (χ1v) is 14.6. The summed E-state index contributed by atoms with van der Waals surface area (Å²) in [5, 5.41) is 22.9. The summed E-state index contributed by atoms with van der Waals surface area (Å²) in [7, 11) is 0. The summed E-state index contributed by atoms with van der Waals surface area (Å²) in [6.07, 6.45) is 0. The van der Waals surface area contributed by atoms with Crippen molar-refractivity contribution in [1.29, 1.82) is 0 Å². The van der Waals surface area contributed by atoms with Gasteiger partial charge >= 0.3 is 0 Å². The molecule has 3 nitrogen and oxygen atoms in total. The largest absolute Gasteiger partial charge is 0.507 e. The topological polar surface area (TPSA) is 53.4 Å². The Balaban J connectivity index is 0.00000235. The average molecular weight is 677 g/mol. The Morgan fingerprint density at radius 2 is 0.800 bits per heavy atom. The number of aromatic hydroxyl groups is 2. The molecule has 0 atom stereocenters. The summed E-state index contributed by atoms with van der Waals surface area (Å²) in [6, 6.07) is 30.6. The van der Waals surface area contributed by atoms with Crippen LogP contribution < -0.4 is 0 Å². The quantitative estimate of drug-likeness (QED) is 0.186. The number of aromatic nitrogens is 1. The third-order valence-electron chi connectivity index (χ3n) is 7.86. The third kappa shape index (κ3) is 7.67. The maximum absolute atomic E-state index is 11.5.